The summed E-state index contributed by atoms with van der Waals surface area (Å²) in [6.07, 6.45) is 2.53. The lowest BCUT2D eigenvalue weighted by atomic mass is 10.1. The van der Waals surface area contributed by atoms with Crippen LogP contribution in [0.1, 0.15) is 28.8 Å². The number of phenolic OH excluding ortho intramolecular Hbond substituents is 3. The molecule has 0 saturated carbocycles. The van der Waals surface area contributed by atoms with E-state index in [0.29, 0.717) is 0 Å². The highest BCUT2D eigenvalue weighted by Gasteiger charge is 2.14. The molecule has 0 amide bonds. The zero-order chi connectivity index (χ0) is 15.9. The third-order valence-electron chi connectivity index (χ3n) is 3.24. The molecule has 0 aliphatic rings. The van der Waals surface area contributed by atoms with Gasteiger partial charge < -0.3 is 20.1 Å². The van der Waals surface area contributed by atoms with Gasteiger partial charge in [0.2, 0.25) is 0 Å². The maximum absolute atomic E-state index is 11.8. The van der Waals surface area contributed by atoms with Gasteiger partial charge in [0.25, 0.3) is 0 Å². The highest BCUT2D eigenvalue weighted by atomic mass is 16.5. The maximum atomic E-state index is 11.8. The standard InChI is InChI=1S/C17H18O5/c18-14-10-13(11-15(19)16(14)20)17(21)22-9-5-4-8-12-6-2-1-3-7-12/h1-3,6-7,10-11,18-20H,4-5,8-9H2. The van der Waals surface area contributed by atoms with E-state index >= 15 is 0 Å². The third-order valence-corrected chi connectivity index (χ3v) is 3.24. The number of aryl methyl sites for hydroxylation is 1. The number of aromatic hydroxyl groups is 3. The average molecular weight is 302 g/mol. The number of hydrogen-bond acceptors (Lipinski definition) is 5. The van der Waals surface area contributed by atoms with Crippen molar-refractivity contribution >= 4 is 5.97 Å². The number of hydrogen-bond donors (Lipinski definition) is 3. The van der Waals surface area contributed by atoms with Crippen molar-refractivity contribution in [2.45, 2.75) is 19.3 Å². The molecule has 2 aromatic rings. The Hall–Kier alpha value is -2.69. The lowest BCUT2D eigenvalue weighted by Crippen LogP contribution is -2.06. The van der Waals surface area contributed by atoms with Crippen LogP contribution in [0.25, 0.3) is 0 Å². The first-order valence-corrected chi connectivity index (χ1v) is 7.04. The minimum atomic E-state index is -0.653. The van der Waals surface area contributed by atoms with Gasteiger partial charge in [-0.3, -0.25) is 0 Å². The molecule has 0 aromatic heterocycles. The molecule has 116 valence electrons. The molecule has 22 heavy (non-hydrogen) atoms. The summed E-state index contributed by atoms with van der Waals surface area (Å²) < 4.78 is 5.07. The molecule has 0 atom stereocenters. The van der Waals surface area contributed by atoms with Gasteiger partial charge in [-0.1, -0.05) is 30.3 Å². The van der Waals surface area contributed by atoms with Gasteiger partial charge in [0.15, 0.2) is 17.2 Å². The van der Waals surface area contributed by atoms with Crippen LogP contribution in [0.5, 0.6) is 17.2 Å². The summed E-state index contributed by atoms with van der Waals surface area (Å²) in [5, 5.41) is 27.9. The minimum Gasteiger partial charge on any atom is -0.504 e. The Morgan fingerprint density at radius 2 is 1.59 bits per heavy atom. The molecule has 0 unspecified atom stereocenters. The smallest absolute Gasteiger partial charge is 0.338 e. The van der Waals surface area contributed by atoms with Gasteiger partial charge >= 0.3 is 5.97 Å². The molecule has 2 aromatic carbocycles. The van der Waals surface area contributed by atoms with Crippen molar-refractivity contribution in [3.8, 4) is 17.2 Å². The lowest BCUT2D eigenvalue weighted by Gasteiger charge is -2.07. The van der Waals surface area contributed by atoms with Crippen molar-refractivity contribution in [1.29, 1.82) is 0 Å². The van der Waals surface area contributed by atoms with Gasteiger partial charge in [0, 0.05) is 0 Å². The van der Waals surface area contributed by atoms with Crippen LogP contribution in [0.15, 0.2) is 42.5 Å². The molecule has 0 aliphatic carbocycles. The van der Waals surface area contributed by atoms with E-state index in [-0.39, 0.29) is 12.2 Å². The molecule has 0 bridgehead atoms. The average Bonchev–Trinajstić information content (AvgIpc) is 2.52. The molecule has 5 heteroatoms. The Kier molecular flexibility index (Phi) is 5.25. The molecular formula is C17H18O5. The number of carbonyl (C=O) groups excluding carboxylic acids is 1. The van der Waals surface area contributed by atoms with Crippen molar-refractivity contribution in [2.24, 2.45) is 0 Å². The Morgan fingerprint density at radius 1 is 0.955 bits per heavy atom. The molecule has 0 saturated heterocycles. The van der Waals surface area contributed by atoms with Crippen LogP contribution < -0.4 is 0 Å². The molecule has 0 fully saturated rings. The number of benzene rings is 2. The summed E-state index contributed by atoms with van der Waals surface area (Å²) in [6.45, 7) is 0.258. The highest BCUT2D eigenvalue weighted by molar-refractivity contribution is 5.91. The lowest BCUT2D eigenvalue weighted by molar-refractivity contribution is 0.0497. The molecule has 0 spiro atoms. The van der Waals surface area contributed by atoms with Gasteiger partial charge in [-0.2, -0.15) is 0 Å². The summed E-state index contributed by atoms with van der Waals surface area (Å²) in [6, 6.07) is 12.1. The minimum absolute atomic E-state index is 0.00383. The van der Waals surface area contributed by atoms with Gasteiger partial charge in [-0.15, -0.1) is 0 Å². The van der Waals surface area contributed by atoms with Crippen molar-refractivity contribution in [1.82, 2.24) is 0 Å². The van der Waals surface area contributed by atoms with E-state index in [1.165, 1.54) is 5.56 Å². The molecular weight excluding hydrogens is 284 g/mol. The predicted molar refractivity (Wildman–Crippen MR) is 81.1 cm³/mol. The Balaban J connectivity index is 1.76. The Bertz CT molecular complexity index is 614. The van der Waals surface area contributed by atoms with Crippen LogP contribution in [0.4, 0.5) is 0 Å². The van der Waals surface area contributed by atoms with Crippen LogP contribution in [0, 0.1) is 0 Å². The van der Waals surface area contributed by atoms with Crippen LogP contribution in [0.3, 0.4) is 0 Å². The summed E-state index contributed by atoms with van der Waals surface area (Å²) in [5.74, 6) is -2.42. The third kappa shape index (κ3) is 4.15. The second kappa shape index (κ2) is 7.36. The fraction of sp³-hybridized carbons (Fsp3) is 0.235. The topological polar surface area (TPSA) is 87.0 Å². The monoisotopic (exact) mass is 302 g/mol. The van der Waals surface area contributed by atoms with Crippen LogP contribution in [-0.2, 0) is 11.2 Å². The predicted octanol–water partition coefficient (Wildman–Crippen LogP) is 2.98. The first-order chi connectivity index (χ1) is 10.6. The molecule has 0 radical (unpaired) electrons. The van der Waals surface area contributed by atoms with E-state index < -0.39 is 23.2 Å². The quantitative estimate of drug-likeness (QED) is 0.434. The molecule has 0 heterocycles. The zero-order valence-electron chi connectivity index (χ0n) is 12.0. The number of phenols is 3. The van der Waals surface area contributed by atoms with E-state index in [1.54, 1.807) is 0 Å². The molecule has 3 N–H and O–H groups in total. The van der Waals surface area contributed by atoms with Crippen LogP contribution in [-0.4, -0.2) is 27.9 Å². The largest absolute Gasteiger partial charge is 0.504 e. The molecule has 0 aliphatic heterocycles. The van der Waals surface area contributed by atoms with Gasteiger partial charge in [-0.25, -0.2) is 4.79 Å². The van der Waals surface area contributed by atoms with Crippen molar-refractivity contribution in [3.63, 3.8) is 0 Å². The van der Waals surface area contributed by atoms with E-state index in [0.717, 1.165) is 31.4 Å². The summed E-state index contributed by atoms with van der Waals surface area (Å²) >= 11 is 0. The molecule has 2 rings (SSSR count). The van der Waals surface area contributed by atoms with Gasteiger partial charge in [-0.05, 0) is 37.0 Å². The van der Waals surface area contributed by atoms with E-state index in [1.807, 2.05) is 30.3 Å². The van der Waals surface area contributed by atoms with E-state index in [2.05, 4.69) is 0 Å². The SMILES string of the molecule is O=C(OCCCCc1ccccc1)c1cc(O)c(O)c(O)c1. The van der Waals surface area contributed by atoms with Crippen molar-refractivity contribution < 1.29 is 24.9 Å². The highest BCUT2D eigenvalue weighted by Crippen LogP contribution is 2.35. The number of carbonyl (C=O) groups is 1. The number of rotatable bonds is 6. The fourth-order valence-corrected chi connectivity index (χ4v) is 2.05. The van der Waals surface area contributed by atoms with Gasteiger partial charge in [0.1, 0.15) is 0 Å². The van der Waals surface area contributed by atoms with Crippen molar-refractivity contribution in [2.75, 3.05) is 6.61 Å². The zero-order valence-corrected chi connectivity index (χ0v) is 12.0. The first kappa shape index (κ1) is 15.7. The van der Waals surface area contributed by atoms with E-state index in [4.69, 9.17) is 4.74 Å². The Labute approximate surface area is 128 Å². The second-order valence-electron chi connectivity index (χ2n) is 4.94. The number of unbranched alkanes of at least 4 members (excludes halogenated alkanes) is 1. The molecule has 5 nitrogen and oxygen atoms in total. The second-order valence-corrected chi connectivity index (χ2v) is 4.94. The van der Waals surface area contributed by atoms with Crippen LogP contribution in [0.2, 0.25) is 0 Å². The van der Waals surface area contributed by atoms with E-state index in [9.17, 15) is 20.1 Å². The van der Waals surface area contributed by atoms with Gasteiger partial charge in [0.05, 0.1) is 12.2 Å². The summed E-state index contributed by atoms with van der Waals surface area (Å²) in [4.78, 5) is 11.8. The fourth-order valence-electron chi connectivity index (χ4n) is 2.05. The number of ether oxygens (including phenoxy) is 1. The maximum Gasteiger partial charge on any atom is 0.338 e. The summed E-state index contributed by atoms with van der Waals surface area (Å²) in [7, 11) is 0. The van der Waals surface area contributed by atoms with Crippen LogP contribution >= 0.6 is 0 Å². The first-order valence-electron chi connectivity index (χ1n) is 7.04. The normalized spacial score (nSPS) is 10.4. The Morgan fingerprint density at radius 3 is 2.23 bits per heavy atom. The van der Waals surface area contributed by atoms with Crippen molar-refractivity contribution in [3.05, 3.63) is 53.6 Å². The summed E-state index contributed by atoms with van der Waals surface area (Å²) in [5.41, 5.74) is 1.23. The number of esters is 1.